The van der Waals surface area contributed by atoms with Crippen molar-refractivity contribution in [3.05, 3.63) is 78.0 Å². The third-order valence-corrected chi connectivity index (χ3v) is 3.54. The molecule has 0 bridgehead atoms. The van der Waals surface area contributed by atoms with Crippen LogP contribution in [-0.2, 0) is 6.18 Å². The van der Waals surface area contributed by atoms with E-state index in [0.717, 1.165) is 17.2 Å². The van der Waals surface area contributed by atoms with Gasteiger partial charge in [0.15, 0.2) is 0 Å². The normalized spacial score (nSPS) is 11.5. The Labute approximate surface area is 132 Å². The first-order valence-corrected chi connectivity index (χ1v) is 7.15. The van der Waals surface area contributed by atoms with Gasteiger partial charge in [0.05, 0.1) is 5.69 Å². The maximum absolute atomic E-state index is 13.2. The van der Waals surface area contributed by atoms with Gasteiger partial charge in [-0.25, -0.2) is 4.98 Å². The summed E-state index contributed by atoms with van der Waals surface area (Å²) in [5.41, 5.74) is 2.35. The van der Waals surface area contributed by atoms with Gasteiger partial charge in [0, 0.05) is 5.56 Å². The average Bonchev–Trinajstić information content (AvgIpc) is 2.54. The van der Waals surface area contributed by atoms with Gasteiger partial charge in [-0.1, -0.05) is 60.2 Å². The molecule has 0 atom stereocenters. The van der Waals surface area contributed by atoms with Gasteiger partial charge in [0.25, 0.3) is 0 Å². The highest BCUT2D eigenvalue weighted by molar-refractivity contribution is 5.71. The largest absolute Gasteiger partial charge is 0.433 e. The quantitative estimate of drug-likeness (QED) is 0.587. The first-order valence-electron chi connectivity index (χ1n) is 7.15. The van der Waals surface area contributed by atoms with Gasteiger partial charge in [0.1, 0.15) is 5.69 Å². The Morgan fingerprint density at radius 1 is 0.739 bits per heavy atom. The Bertz CT molecular complexity index is 824. The third-order valence-electron chi connectivity index (χ3n) is 3.54. The Kier molecular flexibility index (Phi) is 3.90. The van der Waals surface area contributed by atoms with Crippen LogP contribution in [0.1, 0.15) is 11.3 Å². The molecule has 1 nitrogen and oxygen atoms in total. The van der Waals surface area contributed by atoms with E-state index in [2.05, 4.69) is 4.98 Å². The maximum atomic E-state index is 13.2. The predicted octanol–water partition coefficient (Wildman–Crippen LogP) is 5.74. The van der Waals surface area contributed by atoms with Crippen molar-refractivity contribution in [1.29, 1.82) is 0 Å². The summed E-state index contributed by atoms with van der Waals surface area (Å²) in [5, 5.41) is 0. The van der Waals surface area contributed by atoms with E-state index >= 15 is 0 Å². The van der Waals surface area contributed by atoms with Gasteiger partial charge in [-0.05, 0) is 30.2 Å². The second-order valence-electron chi connectivity index (χ2n) is 5.36. The molecule has 0 saturated carbocycles. The minimum absolute atomic E-state index is 0.317. The summed E-state index contributed by atoms with van der Waals surface area (Å²) in [5.74, 6) is 0. The highest BCUT2D eigenvalue weighted by Gasteiger charge is 2.33. The number of benzene rings is 2. The zero-order chi connectivity index (χ0) is 16.4. The van der Waals surface area contributed by atoms with Crippen LogP contribution in [0.15, 0.2) is 66.7 Å². The monoisotopic (exact) mass is 313 g/mol. The summed E-state index contributed by atoms with van der Waals surface area (Å²) in [6.07, 6.45) is -4.48. The number of rotatable bonds is 2. The van der Waals surface area contributed by atoms with Crippen LogP contribution in [0.5, 0.6) is 0 Å². The standard InChI is InChI=1S/C19H14F3N/c1-13-6-5-9-15(10-13)16-11-17(14-7-3-2-4-8-14)23-18(12-16)19(20,21)22/h2-12H,1H3. The van der Waals surface area contributed by atoms with E-state index in [1.165, 1.54) is 0 Å². The molecule has 3 rings (SSSR count). The van der Waals surface area contributed by atoms with Crippen LogP contribution >= 0.6 is 0 Å². The van der Waals surface area contributed by atoms with Crippen LogP contribution in [0.2, 0.25) is 0 Å². The van der Waals surface area contributed by atoms with Crippen LogP contribution in [-0.4, -0.2) is 4.98 Å². The molecule has 4 heteroatoms. The molecule has 1 heterocycles. The minimum Gasteiger partial charge on any atom is -0.243 e. The highest BCUT2D eigenvalue weighted by atomic mass is 19.4. The topological polar surface area (TPSA) is 12.9 Å². The fourth-order valence-corrected chi connectivity index (χ4v) is 2.42. The van der Waals surface area contributed by atoms with E-state index in [9.17, 15) is 13.2 Å². The van der Waals surface area contributed by atoms with Gasteiger partial charge in [0.2, 0.25) is 0 Å². The predicted molar refractivity (Wildman–Crippen MR) is 84.8 cm³/mol. The molecule has 0 radical (unpaired) electrons. The van der Waals surface area contributed by atoms with Crippen LogP contribution in [0.25, 0.3) is 22.4 Å². The SMILES string of the molecule is Cc1cccc(-c2cc(-c3ccccc3)nc(C(F)(F)F)c2)c1. The zero-order valence-corrected chi connectivity index (χ0v) is 12.4. The number of hydrogen-bond donors (Lipinski definition) is 0. The van der Waals surface area contributed by atoms with E-state index < -0.39 is 11.9 Å². The summed E-state index contributed by atoms with van der Waals surface area (Å²) in [4.78, 5) is 3.80. The van der Waals surface area contributed by atoms with Gasteiger partial charge < -0.3 is 0 Å². The molecular formula is C19H14F3N. The Morgan fingerprint density at radius 3 is 2.09 bits per heavy atom. The average molecular weight is 313 g/mol. The van der Waals surface area contributed by atoms with Crippen molar-refractivity contribution < 1.29 is 13.2 Å². The van der Waals surface area contributed by atoms with E-state index in [1.54, 1.807) is 36.4 Å². The van der Waals surface area contributed by atoms with Crippen LogP contribution in [0, 0.1) is 6.92 Å². The van der Waals surface area contributed by atoms with Gasteiger partial charge in [-0.2, -0.15) is 13.2 Å². The van der Waals surface area contributed by atoms with Crippen LogP contribution < -0.4 is 0 Å². The van der Waals surface area contributed by atoms with Gasteiger partial charge >= 0.3 is 6.18 Å². The smallest absolute Gasteiger partial charge is 0.243 e. The molecule has 0 amide bonds. The molecule has 1 aromatic heterocycles. The van der Waals surface area contributed by atoms with Crippen LogP contribution in [0.3, 0.4) is 0 Å². The molecule has 0 fully saturated rings. The van der Waals surface area contributed by atoms with Crippen molar-refractivity contribution >= 4 is 0 Å². The summed E-state index contributed by atoms with van der Waals surface area (Å²) >= 11 is 0. The molecule has 2 aromatic carbocycles. The number of halogens is 3. The van der Waals surface area contributed by atoms with Crippen molar-refractivity contribution in [1.82, 2.24) is 4.98 Å². The molecule has 0 aliphatic rings. The first kappa shape index (κ1) is 15.3. The molecule has 0 unspecified atom stereocenters. The molecule has 0 aliphatic carbocycles. The Morgan fingerprint density at radius 2 is 1.43 bits per heavy atom. The molecule has 23 heavy (non-hydrogen) atoms. The number of aryl methyl sites for hydroxylation is 1. The van der Waals surface area contributed by atoms with Crippen molar-refractivity contribution in [2.24, 2.45) is 0 Å². The fraction of sp³-hybridized carbons (Fsp3) is 0.105. The summed E-state index contributed by atoms with van der Waals surface area (Å²) in [6.45, 7) is 1.91. The van der Waals surface area contributed by atoms with E-state index in [0.29, 0.717) is 16.8 Å². The lowest BCUT2D eigenvalue weighted by atomic mass is 10.0. The number of alkyl halides is 3. The molecule has 0 N–H and O–H groups in total. The highest BCUT2D eigenvalue weighted by Crippen LogP contribution is 2.34. The summed E-state index contributed by atoms with van der Waals surface area (Å²) in [6, 6.07) is 19.1. The van der Waals surface area contributed by atoms with E-state index in [1.807, 2.05) is 31.2 Å². The minimum atomic E-state index is -4.48. The Balaban J connectivity index is 2.20. The van der Waals surface area contributed by atoms with Crippen molar-refractivity contribution in [2.45, 2.75) is 13.1 Å². The number of aromatic nitrogens is 1. The van der Waals surface area contributed by atoms with Crippen molar-refractivity contribution in [3.8, 4) is 22.4 Å². The summed E-state index contributed by atoms with van der Waals surface area (Å²) in [7, 11) is 0. The van der Waals surface area contributed by atoms with E-state index in [4.69, 9.17) is 0 Å². The van der Waals surface area contributed by atoms with E-state index in [-0.39, 0.29) is 0 Å². The number of hydrogen-bond acceptors (Lipinski definition) is 1. The molecule has 0 saturated heterocycles. The first-order chi connectivity index (χ1) is 10.9. The molecule has 0 spiro atoms. The third kappa shape index (κ3) is 3.42. The summed E-state index contributed by atoms with van der Waals surface area (Å²) < 4.78 is 39.6. The lowest BCUT2D eigenvalue weighted by molar-refractivity contribution is -0.141. The number of nitrogens with zero attached hydrogens (tertiary/aromatic N) is 1. The maximum Gasteiger partial charge on any atom is 0.433 e. The number of pyridine rings is 1. The molecular weight excluding hydrogens is 299 g/mol. The lowest BCUT2D eigenvalue weighted by Gasteiger charge is -2.12. The van der Waals surface area contributed by atoms with Crippen molar-refractivity contribution in [3.63, 3.8) is 0 Å². The van der Waals surface area contributed by atoms with Crippen molar-refractivity contribution in [2.75, 3.05) is 0 Å². The molecule has 0 aliphatic heterocycles. The lowest BCUT2D eigenvalue weighted by Crippen LogP contribution is -2.09. The van der Waals surface area contributed by atoms with Gasteiger partial charge in [-0.15, -0.1) is 0 Å². The second-order valence-corrected chi connectivity index (χ2v) is 5.36. The molecule has 116 valence electrons. The fourth-order valence-electron chi connectivity index (χ4n) is 2.42. The van der Waals surface area contributed by atoms with Gasteiger partial charge in [-0.3, -0.25) is 0 Å². The molecule has 3 aromatic rings. The second kappa shape index (κ2) is 5.88. The zero-order valence-electron chi connectivity index (χ0n) is 12.4. The van der Waals surface area contributed by atoms with Crippen LogP contribution in [0.4, 0.5) is 13.2 Å². The Hall–Kier alpha value is -2.62.